The molecule has 21 heavy (non-hydrogen) atoms. The van der Waals surface area contributed by atoms with E-state index in [2.05, 4.69) is 20.2 Å². The number of pyridine rings is 1. The van der Waals surface area contributed by atoms with Gasteiger partial charge < -0.3 is 5.73 Å². The third-order valence-electron chi connectivity index (χ3n) is 3.70. The topological polar surface area (TPSA) is 80.5 Å². The molecule has 0 radical (unpaired) electrons. The van der Waals surface area contributed by atoms with Crippen LogP contribution < -0.4 is 5.73 Å². The van der Waals surface area contributed by atoms with Crippen LogP contribution in [0.2, 0.25) is 0 Å². The molecule has 1 fully saturated rings. The minimum absolute atomic E-state index is 0.559. The van der Waals surface area contributed by atoms with Crippen LogP contribution >= 0.6 is 11.3 Å². The molecule has 0 bridgehead atoms. The van der Waals surface area contributed by atoms with Crippen LogP contribution in [0.5, 0.6) is 0 Å². The fraction of sp³-hybridized carbons (Fsp3) is 0.267. The number of nitrogens with two attached hydrogens (primary N) is 1. The number of anilines is 1. The highest BCUT2D eigenvalue weighted by Crippen LogP contribution is 2.40. The maximum absolute atomic E-state index is 5.94. The van der Waals surface area contributed by atoms with Crippen molar-refractivity contribution in [3.63, 3.8) is 0 Å². The van der Waals surface area contributed by atoms with E-state index in [-0.39, 0.29) is 0 Å². The second kappa shape index (κ2) is 4.96. The smallest absolute Gasteiger partial charge is 0.181 e. The summed E-state index contributed by atoms with van der Waals surface area (Å²) in [5.41, 5.74) is 9.93. The number of nitrogens with zero attached hydrogens (tertiary/aromatic N) is 3. The van der Waals surface area contributed by atoms with E-state index >= 15 is 0 Å². The average Bonchev–Trinajstić information content (AvgIpc) is 3.05. The van der Waals surface area contributed by atoms with Crippen LogP contribution in [0.3, 0.4) is 0 Å². The van der Waals surface area contributed by atoms with Crippen molar-refractivity contribution in [3.05, 3.63) is 36.3 Å². The maximum Gasteiger partial charge on any atom is 0.181 e. The predicted octanol–water partition coefficient (Wildman–Crippen LogP) is 3.13. The molecule has 1 saturated carbocycles. The summed E-state index contributed by atoms with van der Waals surface area (Å²) in [6.45, 7) is 0. The van der Waals surface area contributed by atoms with Crippen molar-refractivity contribution >= 4 is 16.5 Å². The largest absolute Gasteiger partial charge is 0.375 e. The van der Waals surface area contributed by atoms with E-state index < -0.39 is 0 Å². The van der Waals surface area contributed by atoms with Gasteiger partial charge in [0, 0.05) is 17.5 Å². The summed E-state index contributed by atoms with van der Waals surface area (Å²) >= 11 is 1.47. The van der Waals surface area contributed by atoms with Crippen molar-refractivity contribution in [1.29, 1.82) is 0 Å². The molecule has 106 valence electrons. The van der Waals surface area contributed by atoms with Gasteiger partial charge in [0.1, 0.15) is 0 Å². The summed E-state index contributed by atoms with van der Waals surface area (Å²) in [5, 5.41) is 7.88. The summed E-state index contributed by atoms with van der Waals surface area (Å²) in [6.07, 6.45) is 7.29. The lowest BCUT2D eigenvalue weighted by atomic mass is 10.1. The van der Waals surface area contributed by atoms with E-state index in [1.54, 1.807) is 6.20 Å². The molecular weight excluding hydrogens is 282 g/mol. The molecule has 0 spiro atoms. The van der Waals surface area contributed by atoms with Gasteiger partial charge in [-0.1, -0.05) is 17.4 Å². The summed E-state index contributed by atoms with van der Waals surface area (Å²) in [6, 6.07) is 5.86. The third-order valence-corrected chi connectivity index (χ3v) is 4.61. The van der Waals surface area contributed by atoms with Crippen molar-refractivity contribution in [3.8, 4) is 21.8 Å². The molecule has 5 nitrogen and oxygen atoms in total. The summed E-state index contributed by atoms with van der Waals surface area (Å²) in [5.74, 6) is 0.790. The summed E-state index contributed by atoms with van der Waals surface area (Å²) < 4.78 is 0. The average molecular weight is 297 g/mol. The summed E-state index contributed by atoms with van der Waals surface area (Å²) in [7, 11) is 0. The van der Waals surface area contributed by atoms with Gasteiger partial charge >= 0.3 is 0 Å². The number of aromatic amines is 1. The third kappa shape index (κ3) is 2.42. The normalized spacial score (nSPS) is 14.5. The molecule has 0 saturated heterocycles. The van der Waals surface area contributed by atoms with E-state index in [1.165, 1.54) is 24.2 Å². The fourth-order valence-corrected chi connectivity index (χ4v) is 3.30. The van der Waals surface area contributed by atoms with Crippen molar-refractivity contribution < 1.29 is 0 Å². The van der Waals surface area contributed by atoms with Crippen molar-refractivity contribution in [2.75, 3.05) is 5.73 Å². The molecule has 4 rings (SSSR count). The molecule has 6 heteroatoms. The Morgan fingerprint density at radius 3 is 3.00 bits per heavy atom. The molecular formula is C15H15N5S. The Kier molecular flexibility index (Phi) is 2.96. The zero-order valence-corrected chi connectivity index (χ0v) is 12.2. The van der Waals surface area contributed by atoms with Crippen LogP contribution in [0.1, 0.15) is 18.5 Å². The van der Waals surface area contributed by atoms with E-state index in [0.717, 1.165) is 39.9 Å². The van der Waals surface area contributed by atoms with Gasteiger partial charge in [0.05, 0.1) is 22.5 Å². The van der Waals surface area contributed by atoms with Crippen LogP contribution in [-0.4, -0.2) is 20.2 Å². The Hall–Kier alpha value is -2.21. The van der Waals surface area contributed by atoms with Crippen molar-refractivity contribution in [1.82, 2.24) is 20.2 Å². The highest BCUT2D eigenvalue weighted by molar-refractivity contribution is 7.19. The van der Waals surface area contributed by atoms with E-state index in [4.69, 9.17) is 5.73 Å². The van der Waals surface area contributed by atoms with Crippen LogP contribution in [-0.2, 0) is 6.42 Å². The molecule has 0 aliphatic heterocycles. The standard InChI is InChI=1S/C15H15N5S/c16-15-19-13(14(21-15)11-3-1-2-6-17-11)10-8-18-20-12(10)7-9-4-5-9/h1-3,6,8-9H,4-5,7H2,(H2,16,19)(H,18,20). The molecule has 3 aromatic rings. The minimum Gasteiger partial charge on any atom is -0.375 e. The second-order valence-electron chi connectivity index (χ2n) is 5.35. The Balaban J connectivity index is 1.80. The first-order valence-electron chi connectivity index (χ1n) is 7.01. The number of H-pyrrole nitrogens is 1. The number of hydrogen-bond acceptors (Lipinski definition) is 5. The number of nitrogen functional groups attached to an aromatic ring is 1. The van der Waals surface area contributed by atoms with E-state index in [9.17, 15) is 0 Å². The van der Waals surface area contributed by atoms with Crippen LogP contribution in [0.4, 0.5) is 5.13 Å². The number of aromatic nitrogens is 4. The van der Waals surface area contributed by atoms with Crippen molar-refractivity contribution in [2.24, 2.45) is 5.92 Å². The first kappa shape index (κ1) is 12.5. The lowest BCUT2D eigenvalue weighted by Crippen LogP contribution is -1.92. The Labute approximate surface area is 126 Å². The molecule has 1 aliphatic carbocycles. The summed E-state index contributed by atoms with van der Waals surface area (Å²) in [4.78, 5) is 9.94. The monoisotopic (exact) mass is 297 g/mol. The van der Waals surface area contributed by atoms with Gasteiger partial charge in [0.25, 0.3) is 0 Å². The zero-order valence-electron chi connectivity index (χ0n) is 11.4. The minimum atomic E-state index is 0.559. The second-order valence-corrected chi connectivity index (χ2v) is 6.39. The molecule has 3 heterocycles. The highest BCUT2D eigenvalue weighted by atomic mass is 32.1. The van der Waals surface area contributed by atoms with Gasteiger partial charge in [-0.2, -0.15) is 5.10 Å². The first-order valence-corrected chi connectivity index (χ1v) is 7.83. The maximum atomic E-state index is 5.94. The van der Waals surface area contributed by atoms with Crippen LogP contribution in [0.15, 0.2) is 30.6 Å². The number of hydrogen-bond donors (Lipinski definition) is 2. The van der Waals surface area contributed by atoms with Crippen LogP contribution in [0, 0.1) is 5.92 Å². The van der Waals surface area contributed by atoms with E-state index in [1.807, 2.05) is 24.4 Å². The van der Waals surface area contributed by atoms with Gasteiger partial charge in [0.15, 0.2) is 5.13 Å². The Morgan fingerprint density at radius 2 is 2.24 bits per heavy atom. The number of thiazole rings is 1. The fourth-order valence-electron chi connectivity index (χ4n) is 2.47. The molecule has 0 unspecified atom stereocenters. The molecule has 3 aromatic heterocycles. The molecule has 0 aromatic carbocycles. The lowest BCUT2D eigenvalue weighted by Gasteiger charge is -2.02. The van der Waals surface area contributed by atoms with E-state index in [0.29, 0.717) is 5.13 Å². The lowest BCUT2D eigenvalue weighted by molar-refractivity contribution is 0.797. The quantitative estimate of drug-likeness (QED) is 0.775. The zero-order chi connectivity index (χ0) is 14.2. The number of rotatable bonds is 4. The van der Waals surface area contributed by atoms with Gasteiger partial charge in [-0.3, -0.25) is 10.1 Å². The highest BCUT2D eigenvalue weighted by Gasteiger charge is 2.25. The predicted molar refractivity (Wildman–Crippen MR) is 83.8 cm³/mol. The SMILES string of the molecule is Nc1nc(-c2cn[nH]c2CC2CC2)c(-c2ccccn2)s1. The Bertz CT molecular complexity index is 757. The van der Waals surface area contributed by atoms with Crippen molar-refractivity contribution in [2.45, 2.75) is 19.3 Å². The first-order chi connectivity index (χ1) is 10.3. The van der Waals surface area contributed by atoms with Crippen LogP contribution in [0.25, 0.3) is 21.8 Å². The molecule has 0 atom stereocenters. The molecule has 0 amide bonds. The number of nitrogens with one attached hydrogen (secondary N) is 1. The van der Waals surface area contributed by atoms with Gasteiger partial charge in [-0.25, -0.2) is 4.98 Å². The van der Waals surface area contributed by atoms with Gasteiger partial charge in [-0.05, 0) is 37.3 Å². The molecule has 1 aliphatic rings. The molecule has 3 N–H and O–H groups in total. The Morgan fingerprint density at radius 1 is 1.33 bits per heavy atom. The van der Waals surface area contributed by atoms with Gasteiger partial charge in [0.2, 0.25) is 0 Å². The van der Waals surface area contributed by atoms with Gasteiger partial charge in [-0.15, -0.1) is 0 Å².